The molecule has 24 heavy (non-hydrogen) atoms. The van der Waals surface area contributed by atoms with Crippen molar-refractivity contribution >= 4 is 22.6 Å². The molecule has 2 aromatic carbocycles. The lowest BCUT2D eigenvalue weighted by Gasteiger charge is -2.15. The van der Waals surface area contributed by atoms with Crippen molar-refractivity contribution in [3.05, 3.63) is 80.4 Å². The maximum Gasteiger partial charge on any atom is 0.336 e. The van der Waals surface area contributed by atoms with E-state index in [1.807, 2.05) is 20.0 Å². The molecule has 0 fully saturated rings. The third-order valence-corrected chi connectivity index (χ3v) is 4.43. The molecule has 0 saturated carbocycles. The van der Waals surface area contributed by atoms with Crippen LogP contribution in [0.15, 0.2) is 51.7 Å². The van der Waals surface area contributed by atoms with Gasteiger partial charge in [0.1, 0.15) is 24.5 Å². The zero-order valence-corrected chi connectivity index (χ0v) is 14.3. The van der Waals surface area contributed by atoms with Gasteiger partial charge in [-0.2, -0.15) is 0 Å². The molecular formula is C19H18ClFNO2+. The fraction of sp³-hybridized carbons (Fsp3) is 0.211. The second kappa shape index (κ2) is 6.75. The number of fused-ring (bicyclic) bond motifs is 1. The van der Waals surface area contributed by atoms with E-state index in [-0.39, 0.29) is 11.4 Å². The van der Waals surface area contributed by atoms with Gasteiger partial charge in [-0.25, -0.2) is 9.18 Å². The van der Waals surface area contributed by atoms with Crippen LogP contribution >= 0.6 is 11.6 Å². The highest BCUT2D eigenvalue weighted by molar-refractivity contribution is 6.32. The van der Waals surface area contributed by atoms with Crippen molar-refractivity contribution in [2.45, 2.75) is 20.0 Å². The van der Waals surface area contributed by atoms with Crippen LogP contribution in [0.5, 0.6) is 0 Å². The minimum atomic E-state index is -0.367. The van der Waals surface area contributed by atoms with Crippen molar-refractivity contribution in [1.29, 1.82) is 0 Å². The maximum atomic E-state index is 13.0. The Labute approximate surface area is 144 Å². The molecule has 3 nitrogen and oxygen atoms in total. The molecule has 0 saturated heterocycles. The molecule has 0 spiro atoms. The fourth-order valence-electron chi connectivity index (χ4n) is 2.83. The Morgan fingerprint density at radius 3 is 2.54 bits per heavy atom. The standard InChI is InChI=1S/C19H17ClFNO2/c1-12-7-18-16(9-17(12)20)14(8-19(23)24-18)11-22(2)10-13-3-5-15(21)6-4-13/h3-9H,10-11H2,1-2H3/p+1. The van der Waals surface area contributed by atoms with Gasteiger partial charge in [-0.1, -0.05) is 23.7 Å². The Balaban J connectivity index is 1.90. The Morgan fingerprint density at radius 2 is 1.83 bits per heavy atom. The topological polar surface area (TPSA) is 34.6 Å². The van der Waals surface area contributed by atoms with E-state index >= 15 is 0 Å². The third-order valence-electron chi connectivity index (χ3n) is 4.02. The SMILES string of the molecule is Cc1cc2oc(=O)cc(C[NH+](C)Cc3ccc(F)cc3)c2cc1Cl. The van der Waals surface area contributed by atoms with Crippen molar-refractivity contribution < 1.29 is 13.7 Å². The lowest BCUT2D eigenvalue weighted by Crippen LogP contribution is -3.06. The fourth-order valence-corrected chi connectivity index (χ4v) is 3.00. The summed E-state index contributed by atoms with van der Waals surface area (Å²) in [6.45, 7) is 3.24. The van der Waals surface area contributed by atoms with Crippen LogP contribution in [0.3, 0.4) is 0 Å². The van der Waals surface area contributed by atoms with E-state index < -0.39 is 0 Å². The Morgan fingerprint density at radius 1 is 1.12 bits per heavy atom. The maximum absolute atomic E-state index is 13.0. The summed E-state index contributed by atoms with van der Waals surface area (Å²) in [6.07, 6.45) is 0. The van der Waals surface area contributed by atoms with Crippen molar-refractivity contribution in [3.8, 4) is 0 Å². The van der Waals surface area contributed by atoms with E-state index in [1.54, 1.807) is 18.2 Å². The summed E-state index contributed by atoms with van der Waals surface area (Å²) in [5.74, 6) is -0.243. The molecule has 3 rings (SSSR count). The molecule has 1 aromatic heterocycles. The van der Waals surface area contributed by atoms with Crippen LogP contribution < -0.4 is 10.5 Å². The van der Waals surface area contributed by atoms with Gasteiger partial charge >= 0.3 is 5.63 Å². The molecule has 0 aliphatic heterocycles. The zero-order valence-electron chi connectivity index (χ0n) is 13.5. The minimum absolute atomic E-state index is 0.243. The first kappa shape index (κ1) is 16.7. The lowest BCUT2D eigenvalue weighted by atomic mass is 10.1. The van der Waals surface area contributed by atoms with Crippen molar-refractivity contribution in [1.82, 2.24) is 0 Å². The summed E-state index contributed by atoms with van der Waals surface area (Å²) in [6, 6.07) is 11.6. The van der Waals surface area contributed by atoms with Gasteiger partial charge in [-0.3, -0.25) is 0 Å². The normalized spacial score (nSPS) is 12.5. The minimum Gasteiger partial charge on any atom is -0.423 e. The number of nitrogens with one attached hydrogen (secondary N) is 1. The van der Waals surface area contributed by atoms with Crippen LogP contribution in [0.4, 0.5) is 4.39 Å². The van der Waals surface area contributed by atoms with Crippen LogP contribution in [-0.2, 0) is 13.1 Å². The van der Waals surface area contributed by atoms with Gasteiger partial charge in [0, 0.05) is 27.6 Å². The van der Waals surface area contributed by atoms with Gasteiger partial charge in [0.05, 0.1) is 7.05 Å². The molecule has 124 valence electrons. The Bertz CT molecular complexity index is 934. The number of quaternary nitrogens is 1. The second-order valence-electron chi connectivity index (χ2n) is 6.13. The average molecular weight is 347 g/mol. The summed E-state index contributed by atoms with van der Waals surface area (Å²) in [4.78, 5) is 13.0. The van der Waals surface area contributed by atoms with Gasteiger partial charge in [-0.05, 0) is 36.8 Å². The van der Waals surface area contributed by atoms with Gasteiger partial charge in [0.15, 0.2) is 0 Å². The highest BCUT2D eigenvalue weighted by atomic mass is 35.5. The van der Waals surface area contributed by atoms with Gasteiger partial charge < -0.3 is 9.32 Å². The molecule has 0 amide bonds. The number of halogens is 2. The smallest absolute Gasteiger partial charge is 0.336 e. The summed E-state index contributed by atoms with van der Waals surface area (Å²) in [5, 5.41) is 1.50. The molecule has 1 N–H and O–H groups in total. The number of aryl methyl sites for hydroxylation is 1. The molecule has 1 unspecified atom stereocenters. The predicted octanol–water partition coefficient (Wildman–Crippen LogP) is 3.11. The first-order valence-corrected chi connectivity index (χ1v) is 8.09. The summed E-state index contributed by atoms with van der Waals surface area (Å²) < 4.78 is 18.3. The van der Waals surface area contributed by atoms with Crippen LogP contribution in [0, 0.1) is 12.7 Å². The van der Waals surface area contributed by atoms with E-state index in [4.69, 9.17) is 16.0 Å². The summed E-state index contributed by atoms with van der Waals surface area (Å²) in [7, 11) is 2.03. The monoisotopic (exact) mass is 346 g/mol. The van der Waals surface area contributed by atoms with Crippen molar-refractivity contribution in [2.75, 3.05) is 7.05 Å². The molecule has 0 aliphatic rings. The quantitative estimate of drug-likeness (QED) is 0.737. The summed E-state index contributed by atoms with van der Waals surface area (Å²) in [5.41, 5.74) is 2.98. The highest BCUT2D eigenvalue weighted by Gasteiger charge is 2.13. The molecule has 0 radical (unpaired) electrons. The zero-order chi connectivity index (χ0) is 17.3. The van der Waals surface area contributed by atoms with E-state index in [9.17, 15) is 9.18 Å². The van der Waals surface area contributed by atoms with Gasteiger partial charge in [0.25, 0.3) is 0 Å². The molecule has 3 aromatic rings. The third kappa shape index (κ3) is 3.66. The number of rotatable bonds is 4. The number of hydrogen-bond acceptors (Lipinski definition) is 2. The van der Waals surface area contributed by atoms with Crippen molar-refractivity contribution in [2.24, 2.45) is 0 Å². The van der Waals surface area contributed by atoms with E-state index in [0.717, 1.165) is 28.6 Å². The number of benzene rings is 2. The van der Waals surface area contributed by atoms with Crippen LogP contribution in [0.25, 0.3) is 11.0 Å². The van der Waals surface area contributed by atoms with Crippen LogP contribution in [0.1, 0.15) is 16.7 Å². The van der Waals surface area contributed by atoms with E-state index in [0.29, 0.717) is 17.2 Å². The molecule has 0 aliphatic carbocycles. The van der Waals surface area contributed by atoms with Crippen LogP contribution in [-0.4, -0.2) is 7.05 Å². The average Bonchev–Trinajstić information content (AvgIpc) is 2.51. The molecule has 1 heterocycles. The first-order chi connectivity index (χ1) is 11.4. The highest BCUT2D eigenvalue weighted by Crippen LogP contribution is 2.24. The molecule has 1 atom stereocenters. The first-order valence-electron chi connectivity index (χ1n) is 7.71. The lowest BCUT2D eigenvalue weighted by molar-refractivity contribution is -0.907. The van der Waals surface area contributed by atoms with Crippen molar-refractivity contribution in [3.63, 3.8) is 0 Å². The van der Waals surface area contributed by atoms with E-state index in [1.165, 1.54) is 23.1 Å². The van der Waals surface area contributed by atoms with Gasteiger partial charge in [0.2, 0.25) is 0 Å². The Hall–Kier alpha value is -2.17. The summed E-state index contributed by atoms with van der Waals surface area (Å²) >= 11 is 6.22. The van der Waals surface area contributed by atoms with E-state index in [2.05, 4.69) is 0 Å². The van der Waals surface area contributed by atoms with Crippen LogP contribution in [0.2, 0.25) is 5.02 Å². The largest absolute Gasteiger partial charge is 0.423 e. The Kier molecular flexibility index (Phi) is 4.69. The second-order valence-corrected chi connectivity index (χ2v) is 6.53. The number of hydrogen-bond donors (Lipinski definition) is 1. The molecular weight excluding hydrogens is 329 g/mol. The molecule has 0 bridgehead atoms. The molecule has 5 heteroatoms. The van der Waals surface area contributed by atoms with Gasteiger partial charge in [-0.15, -0.1) is 0 Å². The predicted molar refractivity (Wildman–Crippen MR) is 92.9 cm³/mol.